The van der Waals surface area contributed by atoms with E-state index in [-0.39, 0.29) is 0 Å². The molecule has 0 atom stereocenters. The second-order valence-electron chi connectivity index (χ2n) is 5.01. The number of rotatable bonds is 4. The number of hydrogen-bond donors (Lipinski definition) is 2. The molecule has 92 valence electrons. The summed E-state index contributed by atoms with van der Waals surface area (Å²) in [6.07, 6.45) is 6.30. The third kappa shape index (κ3) is 3.91. The SMILES string of the molecule is CCCN1CCC(NC(=S)NC2CC2)CC1. The van der Waals surface area contributed by atoms with Gasteiger partial charge >= 0.3 is 0 Å². The number of hydrogen-bond acceptors (Lipinski definition) is 2. The van der Waals surface area contributed by atoms with Crippen LogP contribution in [0.1, 0.15) is 39.0 Å². The quantitative estimate of drug-likeness (QED) is 0.729. The molecule has 2 N–H and O–H groups in total. The van der Waals surface area contributed by atoms with Crippen LogP contribution < -0.4 is 10.6 Å². The molecule has 4 heteroatoms. The van der Waals surface area contributed by atoms with Crippen LogP contribution in [0.3, 0.4) is 0 Å². The van der Waals surface area contributed by atoms with E-state index in [1.165, 1.54) is 51.7 Å². The van der Waals surface area contributed by atoms with Crippen molar-refractivity contribution in [3.63, 3.8) is 0 Å². The van der Waals surface area contributed by atoms with Gasteiger partial charge in [0.15, 0.2) is 5.11 Å². The van der Waals surface area contributed by atoms with Gasteiger partial charge in [0.1, 0.15) is 0 Å². The van der Waals surface area contributed by atoms with E-state index < -0.39 is 0 Å². The molecular formula is C12H23N3S. The summed E-state index contributed by atoms with van der Waals surface area (Å²) in [6, 6.07) is 1.26. The predicted molar refractivity (Wildman–Crippen MR) is 71.6 cm³/mol. The van der Waals surface area contributed by atoms with Gasteiger partial charge < -0.3 is 15.5 Å². The maximum Gasteiger partial charge on any atom is 0.166 e. The molecule has 0 aromatic heterocycles. The van der Waals surface area contributed by atoms with Crippen molar-refractivity contribution in [3.05, 3.63) is 0 Å². The number of nitrogens with one attached hydrogen (secondary N) is 2. The molecule has 0 amide bonds. The summed E-state index contributed by atoms with van der Waals surface area (Å²) < 4.78 is 0. The molecule has 0 radical (unpaired) electrons. The van der Waals surface area contributed by atoms with Crippen molar-refractivity contribution in [1.29, 1.82) is 0 Å². The minimum atomic E-state index is 0.590. The summed E-state index contributed by atoms with van der Waals surface area (Å²) in [6.45, 7) is 5.94. The van der Waals surface area contributed by atoms with Crippen LogP contribution in [0.4, 0.5) is 0 Å². The lowest BCUT2D eigenvalue weighted by Gasteiger charge is -2.32. The van der Waals surface area contributed by atoms with Crippen LogP contribution in [0.5, 0.6) is 0 Å². The van der Waals surface area contributed by atoms with Gasteiger partial charge in [0.2, 0.25) is 0 Å². The lowest BCUT2D eigenvalue weighted by Crippen LogP contribution is -2.48. The fourth-order valence-corrected chi connectivity index (χ4v) is 2.59. The Morgan fingerprint density at radius 2 is 1.69 bits per heavy atom. The normalized spacial score (nSPS) is 23.1. The molecule has 2 rings (SSSR count). The largest absolute Gasteiger partial charge is 0.360 e. The molecule has 1 saturated carbocycles. The van der Waals surface area contributed by atoms with Crippen molar-refractivity contribution < 1.29 is 0 Å². The second kappa shape index (κ2) is 5.82. The van der Waals surface area contributed by atoms with E-state index >= 15 is 0 Å². The highest BCUT2D eigenvalue weighted by Gasteiger charge is 2.24. The molecule has 0 spiro atoms. The molecule has 0 unspecified atom stereocenters. The maximum atomic E-state index is 5.30. The van der Waals surface area contributed by atoms with E-state index in [0.717, 1.165) is 5.11 Å². The van der Waals surface area contributed by atoms with Gasteiger partial charge in [-0.2, -0.15) is 0 Å². The van der Waals surface area contributed by atoms with E-state index in [1.807, 2.05) is 0 Å². The molecule has 1 aliphatic heterocycles. The number of likely N-dealkylation sites (tertiary alicyclic amines) is 1. The summed E-state index contributed by atoms with van der Waals surface area (Å²) in [5.41, 5.74) is 0. The second-order valence-corrected chi connectivity index (χ2v) is 5.42. The van der Waals surface area contributed by atoms with Gasteiger partial charge in [0.25, 0.3) is 0 Å². The van der Waals surface area contributed by atoms with E-state index in [1.54, 1.807) is 0 Å². The van der Waals surface area contributed by atoms with Gasteiger partial charge in [-0.05, 0) is 50.9 Å². The van der Waals surface area contributed by atoms with E-state index in [4.69, 9.17) is 12.2 Å². The fraction of sp³-hybridized carbons (Fsp3) is 0.917. The highest BCUT2D eigenvalue weighted by molar-refractivity contribution is 7.80. The summed E-state index contributed by atoms with van der Waals surface area (Å²) >= 11 is 5.30. The van der Waals surface area contributed by atoms with Crippen LogP contribution in [0.2, 0.25) is 0 Å². The van der Waals surface area contributed by atoms with Crippen LogP contribution in [-0.4, -0.2) is 41.7 Å². The average Bonchev–Trinajstić information content (AvgIpc) is 3.05. The smallest absolute Gasteiger partial charge is 0.166 e. The molecule has 1 saturated heterocycles. The van der Waals surface area contributed by atoms with Crippen molar-refractivity contribution in [2.45, 2.75) is 51.1 Å². The number of piperidine rings is 1. The Balaban J connectivity index is 1.62. The van der Waals surface area contributed by atoms with Gasteiger partial charge in [-0.3, -0.25) is 0 Å². The molecule has 1 aliphatic carbocycles. The molecule has 1 heterocycles. The Morgan fingerprint density at radius 1 is 1.12 bits per heavy atom. The minimum absolute atomic E-state index is 0.590. The number of nitrogens with zero attached hydrogens (tertiary/aromatic N) is 1. The average molecular weight is 241 g/mol. The Bertz CT molecular complexity index is 232. The lowest BCUT2D eigenvalue weighted by molar-refractivity contribution is 0.206. The zero-order valence-electron chi connectivity index (χ0n) is 10.2. The first kappa shape index (κ1) is 12.1. The van der Waals surface area contributed by atoms with Crippen LogP contribution in [0.25, 0.3) is 0 Å². The van der Waals surface area contributed by atoms with Gasteiger partial charge in [-0.1, -0.05) is 6.92 Å². The Labute approximate surface area is 104 Å². The van der Waals surface area contributed by atoms with E-state index in [0.29, 0.717) is 12.1 Å². The standard InChI is InChI=1S/C12H23N3S/c1-2-7-15-8-5-11(6-9-15)14-12(16)13-10-3-4-10/h10-11H,2-9H2,1H3,(H2,13,14,16). The topological polar surface area (TPSA) is 27.3 Å². The Hall–Kier alpha value is -0.350. The molecule has 2 fully saturated rings. The maximum absolute atomic E-state index is 5.30. The molecular weight excluding hydrogens is 218 g/mol. The zero-order valence-corrected chi connectivity index (χ0v) is 11.0. The van der Waals surface area contributed by atoms with Crippen molar-refractivity contribution >= 4 is 17.3 Å². The molecule has 0 aromatic rings. The van der Waals surface area contributed by atoms with Crippen molar-refractivity contribution in [3.8, 4) is 0 Å². The summed E-state index contributed by atoms with van der Waals surface area (Å²) in [4.78, 5) is 2.55. The Kier molecular flexibility index (Phi) is 4.41. The molecule has 3 nitrogen and oxygen atoms in total. The zero-order chi connectivity index (χ0) is 11.4. The van der Waals surface area contributed by atoms with Gasteiger partial charge in [-0.25, -0.2) is 0 Å². The van der Waals surface area contributed by atoms with E-state index in [9.17, 15) is 0 Å². The first-order chi connectivity index (χ1) is 7.78. The third-order valence-corrected chi connectivity index (χ3v) is 3.61. The minimum Gasteiger partial charge on any atom is -0.360 e. The van der Waals surface area contributed by atoms with Crippen molar-refractivity contribution in [2.75, 3.05) is 19.6 Å². The molecule has 2 aliphatic rings. The molecule has 0 bridgehead atoms. The van der Waals surface area contributed by atoms with Crippen molar-refractivity contribution in [2.24, 2.45) is 0 Å². The first-order valence-electron chi connectivity index (χ1n) is 6.57. The molecule has 0 aromatic carbocycles. The van der Waals surface area contributed by atoms with Gasteiger partial charge in [0.05, 0.1) is 0 Å². The summed E-state index contributed by atoms with van der Waals surface area (Å²) in [7, 11) is 0. The van der Waals surface area contributed by atoms with Crippen LogP contribution in [-0.2, 0) is 0 Å². The summed E-state index contributed by atoms with van der Waals surface area (Å²) in [5, 5.41) is 7.66. The van der Waals surface area contributed by atoms with E-state index in [2.05, 4.69) is 22.5 Å². The number of thiocarbonyl (C=S) groups is 1. The third-order valence-electron chi connectivity index (χ3n) is 3.38. The van der Waals surface area contributed by atoms with Gasteiger partial charge in [0, 0.05) is 25.2 Å². The summed E-state index contributed by atoms with van der Waals surface area (Å²) in [5.74, 6) is 0. The molecule has 16 heavy (non-hydrogen) atoms. The Morgan fingerprint density at radius 3 is 2.19 bits per heavy atom. The lowest BCUT2D eigenvalue weighted by atomic mass is 10.1. The monoisotopic (exact) mass is 241 g/mol. The fourth-order valence-electron chi connectivity index (χ4n) is 2.26. The van der Waals surface area contributed by atoms with Gasteiger partial charge in [-0.15, -0.1) is 0 Å². The highest BCUT2D eigenvalue weighted by Crippen LogP contribution is 2.18. The highest BCUT2D eigenvalue weighted by atomic mass is 32.1. The van der Waals surface area contributed by atoms with Crippen LogP contribution in [0.15, 0.2) is 0 Å². The van der Waals surface area contributed by atoms with Crippen molar-refractivity contribution in [1.82, 2.24) is 15.5 Å². The van der Waals surface area contributed by atoms with Crippen LogP contribution in [0, 0.1) is 0 Å². The van der Waals surface area contributed by atoms with Crippen LogP contribution >= 0.6 is 12.2 Å². The first-order valence-corrected chi connectivity index (χ1v) is 6.98. The predicted octanol–water partition coefficient (Wildman–Crippen LogP) is 1.49.